The first-order valence-corrected chi connectivity index (χ1v) is 8.04. The number of nitrogens with zero attached hydrogens (tertiary/aromatic N) is 2. The Morgan fingerprint density at radius 1 is 1.07 bits per heavy atom. The van der Waals surface area contributed by atoms with E-state index in [-0.39, 0.29) is 29.5 Å². The number of aromatic nitrogens is 1. The van der Waals surface area contributed by atoms with Gasteiger partial charge in [-0.05, 0) is 36.4 Å². The highest BCUT2D eigenvalue weighted by atomic mass is 16.6. The molecule has 0 bridgehead atoms. The highest BCUT2D eigenvalue weighted by molar-refractivity contribution is 5.97. The smallest absolute Gasteiger partial charge is 0.270 e. The summed E-state index contributed by atoms with van der Waals surface area (Å²) in [7, 11) is 0. The number of nitrogens with one attached hydrogen (secondary N) is 1. The number of rotatable bonds is 5. The van der Waals surface area contributed by atoms with Crippen molar-refractivity contribution in [3.05, 3.63) is 80.6 Å². The standard InChI is InChI=1S/C19H15N3O5/c1-12(23)20-15-5-2-13(3-6-15)18(24)11-21-17-8-7-16(22(26)27)10-14(17)4-9-19(21)25/h2-10H,11H2,1H3,(H,20,23). The lowest BCUT2D eigenvalue weighted by Gasteiger charge is -2.10. The fourth-order valence-corrected chi connectivity index (χ4v) is 2.75. The molecule has 27 heavy (non-hydrogen) atoms. The van der Waals surface area contributed by atoms with E-state index in [1.165, 1.54) is 41.8 Å². The van der Waals surface area contributed by atoms with Crippen LogP contribution in [0.2, 0.25) is 0 Å². The quantitative estimate of drug-likeness (QED) is 0.424. The van der Waals surface area contributed by atoms with Gasteiger partial charge in [0.1, 0.15) is 0 Å². The summed E-state index contributed by atoms with van der Waals surface area (Å²) < 4.78 is 1.28. The van der Waals surface area contributed by atoms with Crippen molar-refractivity contribution >= 4 is 34.0 Å². The second kappa shape index (κ2) is 7.20. The molecule has 0 saturated carbocycles. The number of Topliss-reactive ketones (excluding diaryl/α,β-unsaturated/α-hetero) is 1. The Morgan fingerprint density at radius 3 is 2.41 bits per heavy atom. The van der Waals surface area contributed by atoms with E-state index in [0.29, 0.717) is 22.2 Å². The highest BCUT2D eigenvalue weighted by Crippen LogP contribution is 2.20. The minimum Gasteiger partial charge on any atom is -0.326 e. The van der Waals surface area contributed by atoms with Crippen LogP contribution in [-0.4, -0.2) is 21.2 Å². The Labute approximate surface area is 153 Å². The van der Waals surface area contributed by atoms with E-state index in [9.17, 15) is 24.5 Å². The molecule has 0 atom stereocenters. The lowest BCUT2D eigenvalue weighted by molar-refractivity contribution is -0.384. The van der Waals surface area contributed by atoms with Crippen molar-refractivity contribution in [2.75, 3.05) is 5.32 Å². The summed E-state index contributed by atoms with van der Waals surface area (Å²) in [6.07, 6.45) is 0. The van der Waals surface area contributed by atoms with Crippen LogP contribution in [0.25, 0.3) is 10.9 Å². The summed E-state index contributed by atoms with van der Waals surface area (Å²) in [4.78, 5) is 46.2. The maximum atomic E-state index is 12.6. The van der Waals surface area contributed by atoms with Gasteiger partial charge >= 0.3 is 0 Å². The molecule has 2 aromatic carbocycles. The molecular formula is C19H15N3O5. The normalized spacial score (nSPS) is 10.6. The monoisotopic (exact) mass is 365 g/mol. The van der Waals surface area contributed by atoms with Crippen molar-refractivity contribution in [2.45, 2.75) is 13.5 Å². The first-order chi connectivity index (χ1) is 12.8. The predicted octanol–water partition coefficient (Wildman–Crippen LogP) is 2.75. The second-order valence-corrected chi connectivity index (χ2v) is 5.94. The summed E-state index contributed by atoms with van der Waals surface area (Å²) in [5.74, 6) is -0.511. The van der Waals surface area contributed by atoms with Crippen LogP contribution in [0.3, 0.4) is 0 Å². The molecule has 136 valence electrons. The van der Waals surface area contributed by atoms with Gasteiger partial charge in [0.05, 0.1) is 17.0 Å². The van der Waals surface area contributed by atoms with E-state index < -0.39 is 4.92 Å². The van der Waals surface area contributed by atoms with Crippen LogP contribution in [0.4, 0.5) is 11.4 Å². The van der Waals surface area contributed by atoms with Crippen LogP contribution in [0.5, 0.6) is 0 Å². The zero-order chi connectivity index (χ0) is 19.6. The number of carbonyl (C=O) groups is 2. The van der Waals surface area contributed by atoms with Crippen molar-refractivity contribution in [1.82, 2.24) is 4.57 Å². The molecule has 1 amide bonds. The van der Waals surface area contributed by atoms with E-state index in [4.69, 9.17) is 0 Å². The van der Waals surface area contributed by atoms with Crippen molar-refractivity contribution in [3.63, 3.8) is 0 Å². The Morgan fingerprint density at radius 2 is 1.78 bits per heavy atom. The van der Waals surface area contributed by atoms with Gasteiger partial charge in [-0.15, -0.1) is 0 Å². The van der Waals surface area contributed by atoms with Gasteiger partial charge < -0.3 is 9.88 Å². The van der Waals surface area contributed by atoms with E-state index in [1.807, 2.05) is 0 Å². The number of hydrogen-bond acceptors (Lipinski definition) is 5. The number of amides is 1. The third kappa shape index (κ3) is 3.90. The zero-order valence-corrected chi connectivity index (χ0v) is 14.3. The Balaban J connectivity index is 1.92. The fourth-order valence-electron chi connectivity index (χ4n) is 2.75. The molecular weight excluding hydrogens is 350 g/mol. The number of nitro benzene ring substituents is 1. The summed E-state index contributed by atoms with van der Waals surface area (Å²) >= 11 is 0. The predicted molar refractivity (Wildman–Crippen MR) is 99.9 cm³/mol. The highest BCUT2D eigenvalue weighted by Gasteiger charge is 2.13. The minimum atomic E-state index is -0.517. The average Bonchev–Trinajstić information content (AvgIpc) is 2.63. The van der Waals surface area contributed by atoms with Crippen molar-refractivity contribution in [1.29, 1.82) is 0 Å². The molecule has 8 nitrogen and oxygen atoms in total. The molecule has 1 heterocycles. The molecule has 0 saturated heterocycles. The summed E-state index contributed by atoms with van der Waals surface area (Å²) in [5, 5.41) is 14.0. The number of ketones is 1. The van der Waals surface area contributed by atoms with E-state index >= 15 is 0 Å². The van der Waals surface area contributed by atoms with Gasteiger partial charge in [0.2, 0.25) is 5.91 Å². The SMILES string of the molecule is CC(=O)Nc1ccc(C(=O)Cn2c(=O)ccc3cc([N+](=O)[O-])ccc32)cc1. The maximum Gasteiger partial charge on any atom is 0.270 e. The van der Waals surface area contributed by atoms with Gasteiger partial charge in [0, 0.05) is 41.8 Å². The Bertz CT molecular complexity index is 1120. The first-order valence-electron chi connectivity index (χ1n) is 8.04. The summed E-state index contributed by atoms with van der Waals surface area (Å²) in [5.41, 5.74) is 0.923. The van der Waals surface area contributed by atoms with Crippen LogP contribution in [0, 0.1) is 10.1 Å². The number of non-ortho nitro benzene ring substituents is 1. The maximum absolute atomic E-state index is 12.6. The van der Waals surface area contributed by atoms with Crippen LogP contribution in [0.1, 0.15) is 17.3 Å². The molecule has 3 aromatic rings. The lowest BCUT2D eigenvalue weighted by Crippen LogP contribution is -2.23. The minimum absolute atomic E-state index is 0.0902. The molecule has 0 radical (unpaired) electrons. The van der Waals surface area contributed by atoms with Gasteiger partial charge in [-0.25, -0.2) is 0 Å². The molecule has 0 fully saturated rings. The number of anilines is 1. The number of benzene rings is 2. The van der Waals surface area contributed by atoms with Gasteiger partial charge in [0.25, 0.3) is 11.2 Å². The molecule has 1 N–H and O–H groups in total. The number of carbonyl (C=O) groups excluding carboxylic acids is 2. The first kappa shape index (κ1) is 18.0. The van der Waals surface area contributed by atoms with Gasteiger partial charge in [-0.3, -0.25) is 24.5 Å². The van der Waals surface area contributed by atoms with Crippen LogP contribution in [-0.2, 0) is 11.3 Å². The summed E-state index contributed by atoms with van der Waals surface area (Å²) in [6, 6.07) is 13.2. The zero-order valence-electron chi connectivity index (χ0n) is 14.3. The number of nitro groups is 1. The Kier molecular flexibility index (Phi) is 4.80. The molecule has 1 aromatic heterocycles. The fraction of sp³-hybridized carbons (Fsp3) is 0.105. The summed E-state index contributed by atoms with van der Waals surface area (Å²) in [6.45, 7) is 1.18. The van der Waals surface area contributed by atoms with E-state index in [0.717, 1.165) is 0 Å². The number of hydrogen-bond donors (Lipinski definition) is 1. The van der Waals surface area contributed by atoms with Crippen molar-refractivity contribution in [3.8, 4) is 0 Å². The van der Waals surface area contributed by atoms with Gasteiger partial charge in [-0.2, -0.15) is 0 Å². The van der Waals surface area contributed by atoms with Crippen LogP contribution in [0.15, 0.2) is 59.4 Å². The molecule has 0 aliphatic heterocycles. The molecule has 0 aliphatic carbocycles. The molecule has 0 aliphatic rings. The number of fused-ring (bicyclic) bond motifs is 1. The molecule has 8 heteroatoms. The topological polar surface area (TPSA) is 111 Å². The van der Waals surface area contributed by atoms with Crippen molar-refractivity contribution < 1.29 is 14.5 Å². The Hall–Kier alpha value is -3.81. The molecule has 3 rings (SSSR count). The second-order valence-electron chi connectivity index (χ2n) is 5.94. The van der Waals surface area contributed by atoms with E-state index in [2.05, 4.69) is 5.32 Å². The van der Waals surface area contributed by atoms with Crippen molar-refractivity contribution in [2.24, 2.45) is 0 Å². The molecule has 0 spiro atoms. The largest absolute Gasteiger partial charge is 0.326 e. The van der Waals surface area contributed by atoms with Gasteiger partial charge in [0.15, 0.2) is 5.78 Å². The van der Waals surface area contributed by atoms with Crippen LogP contribution >= 0.6 is 0 Å². The van der Waals surface area contributed by atoms with E-state index in [1.54, 1.807) is 24.3 Å². The lowest BCUT2D eigenvalue weighted by atomic mass is 10.1. The number of pyridine rings is 1. The van der Waals surface area contributed by atoms with Crippen LogP contribution < -0.4 is 10.9 Å². The third-order valence-electron chi connectivity index (χ3n) is 4.01. The average molecular weight is 365 g/mol. The molecule has 0 unspecified atom stereocenters. The third-order valence-corrected chi connectivity index (χ3v) is 4.01. The van der Waals surface area contributed by atoms with Gasteiger partial charge in [-0.1, -0.05) is 0 Å².